The summed E-state index contributed by atoms with van der Waals surface area (Å²) in [6.07, 6.45) is 8.04. The van der Waals surface area contributed by atoms with Gasteiger partial charge in [0.05, 0.1) is 13.2 Å². The van der Waals surface area contributed by atoms with Crippen LogP contribution in [0.1, 0.15) is 31.2 Å². The molecule has 0 bridgehead atoms. The molecule has 0 amide bonds. The SMILES string of the molecule is C=CC(=O)OCCCCCCOc1ccc(/C=C/C(=O)Oc2ccccc2)cc1. The van der Waals surface area contributed by atoms with Crippen LogP contribution in [0.5, 0.6) is 11.5 Å². The molecule has 0 unspecified atom stereocenters. The fourth-order valence-corrected chi connectivity index (χ4v) is 2.46. The normalized spacial score (nSPS) is 10.5. The van der Waals surface area contributed by atoms with Crippen molar-refractivity contribution < 1.29 is 23.8 Å². The molecule has 5 heteroatoms. The Kier molecular flexibility index (Phi) is 9.80. The molecular weight excluding hydrogens is 368 g/mol. The van der Waals surface area contributed by atoms with Crippen molar-refractivity contribution in [2.24, 2.45) is 0 Å². The monoisotopic (exact) mass is 394 g/mol. The molecule has 0 fully saturated rings. The zero-order valence-electron chi connectivity index (χ0n) is 16.4. The van der Waals surface area contributed by atoms with Crippen LogP contribution in [0.4, 0.5) is 0 Å². The van der Waals surface area contributed by atoms with Crippen LogP contribution in [0.15, 0.2) is 73.3 Å². The van der Waals surface area contributed by atoms with Gasteiger partial charge >= 0.3 is 11.9 Å². The number of esters is 2. The Morgan fingerprint density at radius 3 is 2.17 bits per heavy atom. The van der Waals surface area contributed by atoms with Gasteiger partial charge in [-0.05, 0) is 61.6 Å². The first-order valence-electron chi connectivity index (χ1n) is 9.64. The molecule has 0 spiro atoms. The molecule has 0 atom stereocenters. The van der Waals surface area contributed by atoms with Crippen LogP contribution >= 0.6 is 0 Å². The van der Waals surface area contributed by atoms with E-state index >= 15 is 0 Å². The van der Waals surface area contributed by atoms with Gasteiger partial charge in [-0.1, -0.05) is 36.9 Å². The molecule has 5 nitrogen and oxygen atoms in total. The van der Waals surface area contributed by atoms with Crippen LogP contribution in [0.3, 0.4) is 0 Å². The van der Waals surface area contributed by atoms with Gasteiger partial charge in [-0.15, -0.1) is 0 Å². The van der Waals surface area contributed by atoms with Crippen LogP contribution in [0.25, 0.3) is 6.08 Å². The molecule has 0 radical (unpaired) electrons. The van der Waals surface area contributed by atoms with Crippen LogP contribution < -0.4 is 9.47 Å². The number of hydrogen-bond donors (Lipinski definition) is 0. The molecule has 0 saturated carbocycles. The smallest absolute Gasteiger partial charge is 0.336 e. The number of rotatable bonds is 12. The standard InChI is InChI=1S/C24H26O5/c1-2-23(25)28-19-9-4-3-8-18-27-21-15-12-20(13-16-21)14-17-24(26)29-22-10-6-5-7-11-22/h2,5-7,10-17H,1,3-4,8-9,18-19H2/b17-14+. The number of carbonyl (C=O) groups excluding carboxylic acids is 2. The zero-order valence-corrected chi connectivity index (χ0v) is 16.4. The number of ether oxygens (including phenoxy) is 3. The van der Waals surface area contributed by atoms with Crippen molar-refractivity contribution in [3.05, 3.63) is 78.9 Å². The highest BCUT2D eigenvalue weighted by Crippen LogP contribution is 2.15. The minimum absolute atomic E-state index is 0.375. The maximum Gasteiger partial charge on any atom is 0.336 e. The Hall–Kier alpha value is -3.34. The summed E-state index contributed by atoms with van der Waals surface area (Å²) in [6.45, 7) is 4.41. The molecule has 2 aromatic rings. The van der Waals surface area contributed by atoms with Gasteiger partial charge in [0, 0.05) is 12.2 Å². The highest BCUT2D eigenvalue weighted by molar-refractivity contribution is 5.88. The number of para-hydroxylation sites is 1. The summed E-state index contributed by atoms with van der Waals surface area (Å²) < 4.78 is 15.8. The van der Waals surface area contributed by atoms with E-state index in [9.17, 15) is 9.59 Å². The second-order valence-corrected chi connectivity index (χ2v) is 6.27. The molecule has 2 rings (SSSR count). The van der Waals surface area contributed by atoms with Crippen molar-refractivity contribution >= 4 is 18.0 Å². The van der Waals surface area contributed by atoms with E-state index in [-0.39, 0.29) is 5.97 Å². The van der Waals surface area contributed by atoms with Gasteiger partial charge in [-0.2, -0.15) is 0 Å². The van der Waals surface area contributed by atoms with E-state index in [4.69, 9.17) is 14.2 Å². The Balaban J connectivity index is 1.61. The summed E-state index contributed by atoms with van der Waals surface area (Å²) in [4.78, 5) is 22.7. The van der Waals surface area contributed by atoms with E-state index in [0.29, 0.717) is 19.0 Å². The number of unbranched alkanes of at least 4 members (excludes halogenated alkanes) is 3. The van der Waals surface area contributed by atoms with Crippen LogP contribution in [-0.2, 0) is 14.3 Å². The maximum atomic E-state index is 11.8. The summed E-state index contributed by atoms with van der Waals surface area (Å²) >= 11 is 0. The first-order chi connectivity index (χ1) is 14.2. The molecule has 0 saturated heterocycles. The molecule has 0 aliphatic rings. The molecule has 0 heterocycles. The molecular formula is C24H26O5. The van der Waals surface area contributed by atoms with Crippen molar-refractivity contribution in [3.8, 4) is 11.5 Å². The van der Waals surface area contributed by atoms with Crippen molar-refractivity contribution in [1.82, 2.24) is 0 Å². The topological polar surface area (TPSA) is 61.8 Å². The van der Waals surface area contributed by atoms with Gasteiger partial charge in [-0.25, -0.2) is 9.59 Å². The molecule has 29 heavy (non-hydrogen) atoms. The Morgan fingerprint density at radius 2 is 1.48 bits per heavy atom. The lowest BCUT2D eigenvalue weighted by atomic mass is 10.2. The lowest BCUT2D eigenvalue weighted by molar-refractivity contribution is -0.137. The maximum absolute atomic E-state index is 11.8. The molecule has 0 aliphatic carbocycles. The predicted octanol–water partition coefficient (Wildman–Crippen LogP) is 4.97. The molecule has 152 valence electrons. The quantitative estimate of drug-likeness (QED) is 0.220. The van der Waals surface area contributed by atoms with Crippen molar-refractivity contribution in [3.63, 3.8) is 0 Å². The lowest BCUT2D eigenvalue weighted by Gasteiger charge is -2.06. The summed E-state index contributed by atoms with van der Waals surface area (Å²) in [5.74, 6) is 0.507. The number of benzene rings is 2. The third-order valence-corrected chi connectivity index (χ3v) is 3.97. The zero-order chi connectivity index (χ0) is 20.7. The van der Waals surface area contributed by atoms with Gasteiger partial charge in [0.15, 0.2) is 0 Å². The fraction of sp³-hybridized carbons (Fsp3) is 0.250. The highest BCUT2D eigenvalue weighted by atomic mass is 16.5. The Labute approximate surface area is 171 Å². The van der Waals surface area contributed by atoms with E-state index < -0.39 is 5.97 Å². The van der Waals surface area contributed by atoms with Crippen molar-refractivity contribution in [1.29, 1.82) is 0 Å². The molecule has 2 aromatic carbocycles. The predicted molar refractivity (Wildman–Crippen MR) is 113 cm³/mol. The van der Waals surface area contributed by atoms with Crippen LogP contribution in [0.2, 0.25) is 0 Å². The fourth-order valence-electron chi connectivity index (χ4n) is 2.46. The van der Waals surface area contributed by atoms with Crippen molar-refractivity contribution in [2.75, 3.05) is 13.2 Å². The second-order valence-electron chi connectivity index (χ2n) is 6.27. The largest absolute Gasteiger partial charge is 0.494 e. The summed E-state index contributed by atoms with van der Waals surface area (Å²) in [5, 5.41) is 0. The number of carbonyl (C=O) groups is 2. The third-order valence-electron chi connectivity index (χ3n) is 3.97. The summed E-state index contributed by atoms with van der Waals surface area (Å²) in [6, 6.07) is 16.5. The minimum atomic E-state index is -0.421. The lowest BCUT2D eigenvalue weighted by Crippen LogP contribution is -2.03. The Bertz CT molecular complexity index is 794. The van der Waals surface area contributed by atoms with Crippen molar-refractivity contribution in [2.45, 2.75) is 25.7 Å². The average Bonchev–Trinajstić information content (AvgIpc) is 2.75. The minimum Gasteiger partial charge on any atom is -0.494 e. The summed E-state index contributed by atoms with van der Waals surface area (Å²) in [7, 11) is 0. The van der Waals surface area contributed by atoms with E-state index in [1.807, 2.05) is 42.5 Å². The highest BCUT2D eigenvalue weighted by Gasteiger charge is 2.00. The van der Waals surface area contributed by atoms with Gasteiger partial charge in [0.2, 0.25) is 0 Å². The van der Waals surface area contributed by atoms with E-state index in [1.54, 1.807) is 18.2 Å². The van der Waals surface area contributed by atoms with Gasteiger partial charge in [0.1, 0.15) is 11.5 Å². The average molecular weight is 394 g/mol. The van der Waals surface area contributed by atoms with Gasteiger partial charge in [-0.3, -0.25) is 0 Å². The molecule has 0 N–H and O–H groups in total. The van der Waals surface area contributed by atoms with Gasteiger partial charge in [0.25, 0.3) is 0 Å². The Morgan fingerprint density at radius 1 is 0.793 bits per heavy atom. The number of hydrogen-bond acceptors (Lipinski definition) is 5. The molecule has 0 aromatic heterocycles. The second kappa shape index (κ2) is 12.9. The van der Waals surface area contributed by atoms with E-state index in [1.165, 1.54) is 12.2 Å². The first kappa shape index (κ1) is 22.0. The third kappa shape index (κ3) is 9.42. The summed E-state index contributed by atoms with van der Waals surface area (Å²) in [5.41, 5.74) is 0.886. The van der Waals surface area contributed by atoms with Crippen LogP contribution in [0, 0.1) is 0 Å². The van der Waals surface area contributed by atoms with E-state index in [0.717, 1.165) is 37.0 Å². The van der Waals surface area contributed by atoms with Gasteiger partial charge < -0.3 is 14.2 Å². The first-order valence-corrected chi connectivity index (χ1v) is 9.64. The van der Waals surface area contributed by atoms with Crippen LogP contribution in [-0.4, -0.2) is 25.2 Å². The van der Waals surface area contributed by atoms with E-state index in [2.05, 4.69) is 6.58 Å². The molecule has 0 aliphatic heterocycles.